The van der Waals surface area contributed by atoms with Crippen LogP contribution in [-0.2, 0) is 36.8 Å². The van der Waals surface area contributed by atoms with Crippen LogP contribution in [0.3, 0.4) is 0 Å². The molecule has 0 aliphatic heterocycles. The van der Waals surface area contributed by atoms with Crippen LogP contribution >= 0.6 is 25.3 Å². The zero-order valence-electron chi connectivity index (χ0n) is 26.9. The van der Waals surface area contributed by atoms with Gasteiger partial charge in [-0.05, 0) is 82.3 Å². The molecule has 2 rings (SSSR count). The van der Waals surface area contributed by atoms with Gasteiger partial charge < -0.3 is 37.2 Å². The van der Waals surface area contributed by atoms with Gasteiger partial charge in [-0.15, -0.1) is 0 Å². The van der Waals surface area contributed by atoms with E-state index >= 15 is 0 Å². The van der Waals surface area contributed by atoms with Crippen LogP contribution in [0, 0.1) is 13.8 Å². The highest BCUT2D eigenvalue weighted by atomic mass is 32.1. The van der Waals surface area contributed by atoms with Crippen molar-refractivity contribution in [3.05, 3.63) is 64.7 Å². The zero-order chi connectivity index (χ0) is 35.0. The number of thiol groups is 2. The number of benzene rings is 2. The molecule has 0 saturated heterocycles. The maximum atomic E-state index is 13.2. The second-order valence-corrected chi connectivity index (χ2v) is 14.7. The summed E-state index contributed by atoms with van der Waals surface area (Å²) in [5.41, 5.74) is 9.23. The van der Waals surface area contributed by atoms with Gasteiger partial charge in [0.15, 0.2) is 0 Å². The first-order valence-corrected chi connectivity index (χ1v) is 15.5. The molecule has 0 spiro atoms. The molecule has 0 aliphatic rings. The number of phenols is 1. The summed E-state index contributed by atoms with van der Waals surface area (Å²) >= 11 is 8.77. The van der Waals surface area contributed by atoms with Crippen LogP contribution in [-0.4, -0.2) is 80.0 Å². The summed E-state index contributed by atoms with van der Waals surface area (Å²) < 4.78 is -2.18. The highest BCUT2D eigenvalue weighted by molar-refractivity contribution is 7.82. The second-order valence-electron chi connectivity index (χ2n) is 12.4. The lowest BCUT2D eigenvalue weighted by Gasteiger charge is -2.31. The van der Waals surface area contributed by atoms with Crippen molar-refractivity contribution in [1.82, 2.24) is 21.3 Å². The number of hydrogen-bond acceptors (Lipinski definition) is 9. The molecule has 4 atom stereocenters. The topological polar surface area (TPSA) is 200 Å². The number of aliphatic carboxylic acids is 1. The number of hydrogen-bond donors (Lipinski definition) is 9. The molecule has 2 aromatic rings. The van der Waals surface area contributed by atoms with E-state index in [1.54, 1.807) is 70.2 Å². The average Bonchev–Trinajstić information content (AvgIpc) is 2.93. The Kier molecular flexibility index (Phi) is 13.5. The number of aryl methyl sites for hydroxylation is 2. The third-order valence-corrected chi connectivity index (χ3v) is 7.81. The van der Waals surface area contributed by atoms with Crippen molar-refractivity contribution in [2.75, 3.05) is 6.54 Å². The number of nitrogens with one attached hydrogen (secondary N) is 4. The Morgan fingerprint density at radius 2 is 1.33 bits per heavy atom. The predicted octanol–water partition coefficient (Wildman–Crippen LogP) is 1.19. The Morgan fingerprint density at radius 3 is 1.83 bits per heavy atom. The van der Waals surface area contributed by atoms with Crippen molar-refractivity contribution in [1.29, 1.82) is 0 Å². The molecular formula is C32H45N5O7S2. The Morgan fingerprint density at radius 1 is 0.804 bits per heavy atom. The van der Waals surface area contributed by atoms with Gasteiger partial charge in [0.25, 0.3) is 0 Å². The monoisotopic (exact) mass is 675 g/mol. The van der Waals surface area contributed by atoms with Crippen molar-refractivity contribution >= 4 is 54.9 Å². The number of carbonyl (C=O) groups excluding carboxylic acids is 4. The summed E-state index contributed by atoms with van der Waals surface area (Å²) in [5, 5.41) is 29.6. The van der Waals surface area contributed by atoms with Gasteiger partial charge in [0, 0.05) is 15.9 Å². The first-order chi connectivity index (χ1) is 21.2. The standard InChI is InChI=1S/C32H45N5O7S2/c1-17-12-20(38)13-18(2)21(17)15-22(33)27(40)36-25(31(3,4)45)29(42)34-16-24(39)35-23(14-19-10-8-7-9-11-19)28(41)37-26(30(43)44)32(5,6)46/h7-13,22-23,25-26,38,45-46H,14-16,33H2,1-6H3,(H,34,42)(H,35,39)(H,36,40)(H,37,41)(H,43,44)/t22-,23-,25-,26+/m0/s1. The fraction of sp³-hybridized carbons (Fsp3) is 0.469. The summed E-state index contributed by atoms with van der Waals surface area (Å²) in [6, 6.07) is 7.22. The molecule has 0 saturated carbocycles. The van der Waals surface area contributed by atoms with Crippen molar-refractivity contribution in [2.24, 2.45) is 5.73 Å². The largest absolute Gasteiger partial charge is 0.508 e. The van der Waals surface area contributed by atoms with Crippen LogP contribution in [0.1, 0.15) is 49.9 Å². The van der Waals surface area contributed by atoms with Gasteiger partial charge in [-0.3, -0.25) is 19.2 Å². The maximum Gasteiger partial charge on any atom is 0.327 e. The van der Waals surface area contributed by atoms with Gasteiger partial charge in [0.1, 0.15) is 23.9 Å². The van der Waals surface area contributed by atoms with E-state index in [0.717, 1.165) is 16.7 Å². The van der Waals surface area contributed by atoms with E-state index in [1.807, 2.05) is 0 Å². The maximum absolute atomic E-state index is 13.2. The molecule has 252 valence electrons. The molecule has 12 nitrogen and oxygen atoms in total. The molecule has 0 bridgehead atoms. The molecular weight excluding hydrogens is 631 g/mol. The van der Waals surface area contributed by atoms with Crippen LogP contribution < -0.4 is 27.0 Å². The number of nitrogens with two attached hydrogens (primary N) is 1. The molecule has 0 radical (unpaired) electrons. The van der Waals surface area contributed by atoms with Gasteiger partial charge in [0.2, 0.25) is 23.6 Å². The number of aromatic hydroxyl groups is 1. The normalized spacial score (nSPS) is 14.3. The minimum atomic E-state index is -1.35. The van der Waals surface area contributed by atoms with Gasteiger partial charge in [0.05, 0.1) is 12.6 Å². The van der Waals surface area contributed by atoms with Gasteiger partial charge >= 0.3 is 5.97 Å². The Hall–Kier alpha value is -3.75. The van der Waals surface area contributed by atoms with Crippen LogP contribution in [0.25, 0.3) is 0 Å². The molecule has 46 heavy (non-hydrogen) atoms. The fourth-order valence-corrected chi connectivity index (χ4v) is 5.13. The summed E-state index contributed by atoms with van der Waals surface area (Å²) in [4.78, 5) is 64.3. The lowest BCUT2D eigenvalue weighted by Crippen LogP contribution is -2.60. The second kappa shape index (κ2) is 16.2. The molecule has 0 heterocycles. The summed E-state index contributed by atoms with van der Waals surface area (Å²) in [6.07, 6.45) is 0.206. The van der Waals surface area contributed by atoms with Gasteiger partial charge in [-0.25, -0.2) is 4.79 Å². The van der Waals surface area contributed by atoms with Crippen molar-refractivity contribution < 1.29 is 34.2 Å². The molecule has 14 heteroatoms. The fourth-order valence-electron chi connectivity index (χ4n) is 4.77. The lowest BCUT2D eigenvalue weighted by molar-refractivity contribution is -0.143. The van der Waals surface area contributed by atoms with Gasteiger partial charge in [-0.2, -0.15) is 25.3 Å². The van der Waals surface area contributed by atoms with E-state index in [-0.39, 0.29) is 18.6 Å². The van der Waals surface area contributed by atoms with Crippen LogP contribution in [0.2, 0.25) is 0 Å². The minimum Gasteiger partial charge on any atom is -0.508 e. The lowest BCUT2D eigenvalue weighted by atomic mass is 9.95. The van der Waals surface area contributed by atoms with Crippen LogP contribution in [0.5, 0.6) is 5.75 Å². The minimum absolute atomic E-state index is 0.0475. The van der Waals surface area contributed by atoms with E-state index in [2.05, 4.69) is 46.5 Å². The number of amides is 4. The Balaban J connectivity index is 2.13. The highest BCUT2D eigenvalue weighted by Gasteiger charge is 2.37. The number of carboxylic acid groups (broad SMARTS) is 1. The number of rotatable bonds is 15. The molecule has 0 aromatic heterocycles. The number of phenolic OH excluding ortho intramolecular Hbond substituents is 1. The third-order valence-electron chi connectivity index (χ3n) is 7.29. The predicted molar refractivity (Wildman–Crippen MR) is 182 cm³/mol. The molecule has 4 amide bonds. The number of carbonyl (C=O) groups is 5. The highest BCUT2D eigenvalue weighted by Crippen LogP contribution is 2.23. The molecule has 0 fully saturated rings. The van der Waals surface area contributed by atoms with Crippen molar-refractivity contribution in [3.8, 4) is 5.75 Å². The van der Waals surface area contributed by atoms with Crippen molar-refractivity contribution in [2.45, 2.75) is 88.0 Å². The van der Waals surface area contributed by atoms with Crippen LogP contribution in [0.15, 0.2) is 42.5 Å². The van der Waals surface area contributed by atoms with E-state index < -0.39 is 69.8 Å². The summed E-state index contributed by atoms with van der Waals surface area (Å²) in [5.74, 6) is -3.97. The smallest absolute Gasteiger partial charge is 0.327 e. The Labute approximate surface area is 280 Å². The number of carboxylic acids is 1. The Bertz CT molecular complexity index is 1400. The zero-order valence-corrected chi connectivity index (χ0v) is 28.7. The van der Waals surface area contributed by atoms with E-state index in [9.17, 15) is 34.2 Å². The van der Waals surface area contributed by atoms with E-state index in [0.29, 0.717) is 5.56 Å². The average molecular weight is 676 g/mol. The van der Waals surface area contributed by atoms with E-state index in [1.165, 1.54) is 13.8 Å². The molecule has 2 aromatic carbocycles. The molecule has 0 unspecified atom stereocenters. The van der Waals surface area contributed by atoms with E-state index in [4.69, 9.17) is 5.73 Å². The van der Waals surface area contributed by atoms with Gasteiger partial charge in [-0.1, -0.05) is 30.3 Å². The quantitative estimate of drug-likeness (QED) is 0.125. The first kappa shape index (κ1) is 38.4. The van der Waals surface area contributed by atoms with Crippen molar-refractivity contribution in [3.63, 3.8) is 0 Å². The summed E-state index contributed by atoms with van der Waals surface area (Å²) in [6.45, 7) is 9.35. The summed E-state index contributed by atoms with van der Waals surface area (Å²) in [7, 11) is 0. The SMILES string of the molecule is Cc1cc(O)cc(C)c1C[C@H](N)C(=O)N[C@@H](C(=O)NCC(=O)N[C@@H](Cc1ccccc1)C(=O)N[C@H](C(=O)O)C(C)(C)S)C(C)(C)S. The first-order valence-electron chi connectivity index (χ1n) is 14.6. The molecule has 8 N–H and O–H groups in total. The van der Waals surface area contributed by atoms with Crippen LogP contribution in [0.4, 0.5) is 0 Å². The third kappa shape index (κ3) is 11.6. The molecule has 0 aliphatic carbocycles.